The Morgan fingerprint density at radius 3 is 1.75 bits per heavy atom. The van der Waals surface area contributed by atoms with Gasteiger partial charge in [0.1, 0.15) is 0 Å². The molecule has 2 aromatic rings. The maximum Gasteiger partial charge on any atom is 0.0317 e. The van der Waals surface area contributed by atoms with Crippen LogP contribution in [0.2, 0.25) is 0 Å². The number of nitrogens with two attached hydrogens (primary N) is 2. The van der Waals surface area contributed by atoms with Gasteiger partial charge in [-0.3, -0.25) is 0 Å². The molecule has 0 saturated carbocycles. The molecular formula is C22H34N2. The molecule has 1 unspecified atom stereocenters. The first-order valence-electron chi connectivity index (χ1n) is 9.09. The summed E-state index contributed by atoms with van der Waals surface area (Å²) in [4.78, 5) is 0. The van der Waals surface area contributed by atoms with Crippen LogP contribution in [0.15, 0.2) is 42.5 Å². The number of benzene rings is 2. The second-order valence-corrected chi connectivity index (χ2v) is 6.82. The number of nitrogen functional groups attached to an aromatic ring is 2. The average molecular weight is 327 g/mol. The summed E-state index contributed by atoms with van der Waals surface area (Å²) >= 11 is 0. The quantitative estimate of drug-likeness (QED) is 0.642. The molecule has 2 aromatic carbocycles. The van der Waals surface area contributed by atoms with Crippen molar-refractivity contribution in [2.24, 2.45) is 0 Å². The minimum atomic E-state index is 0.00190. The maximum atomic E-state index is 6.02. The first-order chi connectivity index (χ1) is 11.3. The number of rotatable bonds is 1. The zero-order valence-electron chi connectivity index (χ0n) is 16.4. The van der Waals surface area contributed by atoms with Crippen molar-refractivity contribution in [3.63, 3.8) is 0 Å². The Labute approximate surface area is 148 Å². The zero-order valence-corrected chi connectivity index (χ0v) is 16.4. The van der Waals surface area contributed by atoms with E-state index in [4.69, 9.17) is 11.5 Å². The number of anilines is 2. The second kappa shape index (κ2) is 7.74. The Kier molecular flexibility index (Phi) is 6.48. The highest BCUT2D eigenvalue weighted by molar-refractivity contribution is 5.58. The molecule has 0 radical (unpaired) electrons. The van der Waals surface area contributed by atoms with E-state index in [-0.39, 0.29) is 10.8 Å². The standard InChI is InChI=1S/C18H22N2.2C2H6/c1-17(2)11-18(3,12-4-6-13(19)7-5-12)16-10-14(20)8-9-15(16)17;2*1-2/h4-10H,11,19-20H2,1-3H3;2*1-2H3. The summed E-state index contributed by atoms with van der Waals surface area (Å²) in [7, 11) is 0. The van der Waals surface area contributed by atoms with Crippen LogP contribution in [0.4, 0.5) is 11.4 Å². The van der Waals surface area contributed by atoms with Gasteiger partial charge in [0.2, 0.25) is 0 Å². The van der Waals surface area contributed by atoms with Gasteiger partial charge in [-0.05, 0) is 52.8 Å². The lowest BCUT2D eigenvalue weighted by Gasteiger charge is -2.28. The van der Waals surface area contributed by atoms with Crippen molar-refractivity contribution in [2.75, 3.05) is 11.5 Å². The molecule has 0 heterocycles. The third kappa shape index (κ3) is 3.58. The SMILES string of the molecule is CC.CC.CC1(C)CC(C)(c2ccc(N)cc2)c2cc(N)ccc21. The van der Waals surface area contributed by atoms with E-state index in [1.54, 1.807) is 0 Å². The molecular weight excluding hydrogens is 292 g/mol. The van der Waals surface area contributed by atoms with E-state index in [1.165, 1.54) is 16.7 Å². The molecule has 132 valence electrons. The van der Waals surface area contributed by atoms with Crippen molar-refractivity contribution >= 4 is 11.4 Å². The monoisotopic (exact) mass is 326 g/mol. The van der Waals surface area contributed by atoms with E-state index < -0.39 is 0 Å². The molecule has 1 aliphatic carbocycles. The molecule has 0 bridgehead atoms. The summed E-state index contributed by atoms with van der Waals surface area (Å²) < 4.78 is 0. The van der Waals surface area contributed by atoms with E-state index in [2.05, 4.69) is 45.0 Å². The van der Waals surface area contributed by atoms with Crippen molar-refractivity contribution in [3.8, 4) is 0 Å². The normalized spacial score (nSPS) is 20.1. The van der Waals surface area contributed by atoms with Crippen LogP contribution in [0, 0.1) is 0 Å². The predicted molar refractivity (Wildman–Crippen MR) is 109 cm³/mol. The van der Waals surface area contributed by atoms with Crippen LogP contribution < -0.4 is 11.5 Å². The van der Waals surface area contributed by atoms with Crippen LogP contribution in [0.1, 0.15) is 71.6 Å². The maximum absolute atomic E-state index is 6.02. The number of fused-ring (bicyclic) bond motifs is 1. The lowest BCUT2D eigenvalue weighted by molar-refractivity contribution is 0.425. The van der Waals surface area contributed by atoms with Gasteiger partial charge >= 0.3 is 0 Å². The van der Waals surface area contributed by atoms with Gasteiger partial charge in [0.25, 0.3) is 0 Å². The van der Waals surface area contributed by atoms with Crippen LogP contribution in [0.5, 0.6) is 0 Å². The molecule has 2 nitrogen and oxygen atoms in total. The first kappa shape index (κ1) is 20.1. The highest BCUT2D eigenvalue weighted by atomic mass is 14.6. The molecule has 1 aliphatic rings. The fourth-order valence-corrected chi connectivity index (χ4v) is 3.79. The average Bonchev–Trinajstić information content (AvgIpc) is 2.78. The summed E-state index contributed by atoms with van der Waals surface area (Å²) in [6.45, 7) is 14.9. The third-order valence-corrected chi connectivity index (χ3v) is 4.71. The lowest BCUT2D eigenvalue weighted by Crippen LogP contribution is -2.23. The van der Waals surface area contributed by atoms with E-state index in [0.717, 1.165) is 17.8 Å². The van der Waals surface area contributed by atoms with Gasteiger partial charge in [-0.15, -0.1) is 0 Å². The van der Waals surface area contributed by atoms with Crippen molar-refractivity contribution < 1.29 is 0 Å². The minimum Gasteiger partial charge on any atom is -0.399 e. The fourth-order valence-electron chi connectivity index (χ4n) is 3.79. The van der Waals surface area contributed by atoms with Gasteiger partial charge in [-0.2, -0.15) is 0 Å². The van der Waals surface area contributed by atoms with Gasteiger partial charge in [0, 0.05) is 16.8 Å². The molecule has 0 saturated heterocycles. The Morgan fingerprint density at radius 2 is 1.21 bits per heavy atom. The van der Waals surface area contributed by atoms with E-state index in [9.17, 15) is 0 Å². The Hall–Kier alpha value is -1.96. The number of hydrogen-bond acceptors (Lipinski definition) is 2. The molecule has 3 rings (SSSR count). The fraction of sp³-hybridized carbons (Fsp3) is 0.455. The van der Waals surface area contributed by atoms with Crippen molar-refractivity contribution in [3.05, 3.63) is 59.2 Å². The molecule has 0 fully saturated rings. The van der Waals surface area contributed by atoms with E-state index in [0.29, 0.717) is 0 Å². The van der Waals surface area contributed by atoms with Crippen molar-refractivity contribution in [1.82, 2.24) is 0 Å². The molecule has 24 heavy (non-hydrogen) atoms. The highest BCUT2D eigenvalue weighted by Crippen LogP contribution is 2.53. The van der Waals surface area contributed by atoms with Crippen molar-refractivity contribution in [2.45, 2.75) is 65.7 Å². The first-order valence-corrected chi connectivity index (χ1v) is 9.09. The lowest BCUT2D eigenvalue weighted by atomic mass is 9.75. The summed E-state index contributed by atoms with van der Waals surface area (Å²) in [5.41, 5.74) is 17.7. The molecule has 0 amide bonds. The van der Waals surface area contributed by atoms with E-state index >= 15 is 0 Å². The van der Waals surface area contributed by atoms with Crippen LogP contribution in [-0.4, -0.2) is 0 Å². The van der Waals surface area contributed by atoms with Gasteiger partial charge < -0.3 is 11.5 Å². The van der Waals surface area contributed by atoms with Gasteiger partial charge in [0.15, 0.2) is 0 Å². The highest BCUT2D eigenvalue weighted by Gasteiger charge is 2.45. The Morgan fingerprint density at radius 1 is 0.708 bits per heavy atom. The topological polar surface area (TPSA) is 52.0 Å². The van der Waals surface area contributed by atoms with Gasteiger partial charge in [-0.25, -0.2) is 0 Å². The van der Waals surface area contributed by atoms with Crippen LogP contribution in [-0.2, 0) is 10.8 Å². The van der Waals surface area contributed by atoms with Gasteiger partial charge in [0.05, 0.1) is 0 Å². The third-order valence-electron chi connectivity index (χ3n) is 4.71. The molecule has 0 spiro atoms. The molecule has 0 aromatic heterocycles. The van der Waals surface area contributed by atoms with Crippen LogP contribution in [0.3, 0.4) is 0 Å². The van der Waals surface area contributed by atoms with E-state index in [1.807, 2.05) is 45.9 Å². The smallest absolute Gasteiger partial charge is 0.0317 e. The molecule has 4 N–H and O–H groups in total. The largest absolute Gasteiger partial charge is 0.399 e. The molecule has 1 atom stereocenters. The summed E-state index contributed by atoms with van der Waals surface area (Å²) in [5, 5.41) is 0. The van der Waals surface area contributed by atoms with Crippen LogP contribution in [0.25, 0.3) is 0 Å². The molecule has 0 aliphatic heterocycles. The molecule has 2 heteroatoms. The number of hydrogen-bond donors (Lipinski definition) is 2. The summed E-state index contributed by atoms with van der Waals surface area (Å²) in [6.07, 6.45) is 1.09. The minimum absolute atomic E-state index is 0.00190. The predicted octanol–water partition coefficient (Wildman–Crippen LogP) is 5.89. The Balaban J connectivity index is 0.000000671. The Bertz CT molecular complexity index is 656. The van der Waals surface area contributed by atoms with Gasteiger partial charge in [-0.1, -0.05) is 66.7 Å². The van der Waals surface area contributed by atoms with Crippen LogP contribution >= 0.6 is 0 Å². The zero-order chi connectivity index (χ0) is 18.5. The summed E-state index contributed by atoms with van der Waals surface area (Å²) in [5.74, 6) is 0. The summed E-state index contributed by atoms with van der Waals surface area (Å²) in [6, 6.07) is 14.6. The van der Waals surface area contributed by atoms with Crippen molar-refractivity contribution in [1.29, 1.82) is 0 Å². The second-order valence-electron chi connectivity index (χ2n) is 6.82.